The lowest BCUT2D eigenvalue weighted by molar-refractivity contribution is -0.130. The molecule has 7 heteroatoms. The minimum Gasteiger partial charge on any atom is -0.341 e. The SMILES string of the molecule is Cc1ccc(S(=O)(=O)N(CC(=O)N2CCCCC2)c2cccc(Cl)c2C)cc1. The number of benzene rings is 2. The Morgan fingerprint density at radius 2 is 1.68 bits per heavy atom. The Morgan fingerprint density at radius 3 is 2.32 bits per heavy atom. The van der Waals surface area contributed by atoms with Crippen molar-refractivity contribution >= 4 is 33.2 Å². The second kappa shape index (κ2) is 8.53. The number of aryl methyl sites for hydroxylation is 1. The molecule has 0 N–H and O–H groups in total. The fourth-order valence-electron chi connectivity index (χ4n) is 3.37. The van der Waals surface area contributed by atoms with Crippen molar-refractivity contribution < 1.29 is 13.2 Å². The molecule has 3 rings (SSSR count). The maximum atomic E-state index is 13.4. The molecule has 0 radical (unpaired) electrons. The summed E-state index contributed by atoms with van der Waals surface area (Å²) in [5.41, 5.74) is 2.03. The zero-order chi connectivity index (χ0) is 20.3. The average Bonchev–Trinajstić information content (AvgIpc) is 2.69. The number of anilines is 1. The van der Waals surface area contributed by atoms with E-state index in [2.05, 4.69) is 0 Å². The Kier molecular flexibility index (Phi) is 6.30. The summed E-state index contributed by atoms with van der Waals surface area (Å²) in [6, 6.07) is 11.8. The summed E-state index contributed by atoms with van der Waals surface area (Å²) in [6.07, 6.45) is 3.00. The third-order valence-electron chi connectivity index (χ3n) is 5.10. The van der Waals surface area contributed by atoms with E-state index in [1.54, 1.807) is 54.3 Å². The quantitative estimate of drug-likeness (QED) is 0.729. The van der Waals surface area contributed by atoms with E-state index in [-0.39, 0.29) is 17.3 Å². The second-order valence-corrected chi connectivity index (χ2v) is 9.42. The van der Waals surface area contributed by atoms with Crippen LogP contribution in [0.15, 0.2) is 47.4 Å². The minimum atomic E-state index is -3.92. The van der Waals surface area contributed by atoms with E-state index in [0.29, 0.717) is 29.4 Å². The van der Waals surface area contributed by atoms with Crippen LogP contribution in [0.3, 0.4) is 0 Å². The van der Waals surface area contributed by atoms with Crippen molar-refractivity contribution in [1.29, 1.82) is 0 Å². The predicted octanol–water partition coefficient (Wildman–Crippen LogP) is 4.16. The molecule has 0 spiro atoms. The number of hydrogen-bond acceptors (Lipinski definition) is 3. The van der Waals surface area contributed by atoms with Gasteiger partial charge in [0.05, 0.1) is 10.6 Å². The van der Waals surface area contributed by atoms with E-state index in [4.69, 9.17) is 11.6 Å². The van der Waals surface area contributed by atoms with Crippen LogP contribution in [0.5, 0.6) is 0 Å². The maximum Gasteiger partial charge on any atom is 0.264 e. The Morgan fingerprint density at radius 1 is 1.04 bits per heavy atom. The monoisotopic (exact) mass is 420 g/mol. The van der Waals surface area contributed by atoms with Gasteiger partial charge in [-0.05, 0) is 62.9 Å². The van der Waals surface area contributed by atoms with Crippen molar-refractivity contribution in [3.63, 3.8) is 0 Å². The van der Waals surface area contributed by atoms with E-state index >= 15 is 0 Å². The van der Waals surface area contributed by atoms with Gasteiger partial charge in [-0.2, -0.15) is 0 Å². The largest absolute Gasteiger partial charge is 0.341 e. The highest BCUT2D eigenvalue weighted by Gasteiger charge is 2.30. The van der Waals surface area contributed by atoms with Crippen molar-refractivity contribution in [2.24, 2.45) is 0 Å². The fraction of sp³-hybridized carbons (Fsp3) is 0.381. The molecule has 0 saturated carbocycles. The molecule has 2 aromatic carbocycles. The summed E-state index contributed by atoms with van der Waals surface area (Å²) in [5, 5.41) is 0.465. The fourth-order valence-corrected chi connectivity index (χ4v) is 5.01. The molecule has 0 aromatic heterocycles. The standard InChI is InChI=1S/C21H25ClN2O3S/c1-16-9-11-18(12-10-16)28(26,27)24(20-8-6-7-19(22)17(20)2)15-21(25)23-13-4-3-5-14-23/h6-12H,3-5,13-15H2,1-2H3. The minimum absolute atomic E-state index is 0.156. The molecule has 1 fully saturated rings. The molecular formula is C21H25ClN2O3S. The van der Waals surface area contributed by atoms with Crippen molar-refractivity contribution in [3.05, 3.63) is 58.6 Å². The first kappa shape index (κ1) is 20.7. The molecule has 1 saturated heterocycles. The first-order valence-electron chi connectivity index (χ1n) is 9.43. The first-order valence-corrected chi connectivity index (χ1v) is 11.2. The van der Waals surface area contributed by atoms with Crippen LogP contribution in [0.25, 0.3) is 0 Å². The van der Waals surface area contributed by atoms with Gasteiger partial charge in [-0.15, -0.1) is 0 Å². The number of sulfonamides is 1. The molecule has 5 nitrogen and oxygen atoms in total. The Hall–Kier alpha value is -2.05. The molecular weight excluding hydrogens is 396 g/mol. The van der Waals surface area contributed by atoms with Crippen LogP contribution in [0.1, 0.15) is 30.4 Å². The Balaban J connectivity index is 2.02. The van der Waals surface area contributed by atoms with Crippen LogP contribution in [0.2, 0.25) is 5.02 Å². The lowest BCUT2D eigenvalue weighted by Crippen LogP contribution is -2.45. The normalized spacial score (nSPS) is 14.8. The van der Waals surface area contributed by atoms with Gasteiger partial charge in [0.25, 0.3) is 10.0 Å². The van der Waals surface area contributed by atoms with Gasteiger partial charge >= 0.3 is 0 Å². The highest BCUT2D eigenvalue weighted by molar-refractivity contribution is 7.92. The van der Waals surface area contributed by atoms with E-state index in [9.17, 15) is 13.2 Å². The molecule has 0 unspecified atom stereocenters. The van der Waals surface area contributed by atoms with Crippen molar-refractivity contribution in [2.45, 2.75) is 38.0 Å². The van der Waals surface area contributed by atoms with Crippen LogP contribution >= 0.6 is 11.6 Å². The molecule has 1 amide bonds. The molecule has 0 aliphatic carbocycles. The molecule has 0 bridgehead atoms. The van der Waals surface area contributed by atoms with E-state index in [0.717, 1.165) is 24.8 Å². The lowest BCUT2D eigenvalue weighted by Gasteiger charge is -2.31. The third-order valence-corrected chi connectivity index (χ3v) is 7.29. The second-order valence-electron chi connectivity index (χ2n) is 7.15. The van der Waals surface area contributed by atoms with Crippen molar-refractivity contribution in [3.8, 4) is 0 Å². The topological polar surface area (TPSA) is 57.7 Å². The maximum absolute atomic E-state index is 13.4. The molecule has 0 atom stereocenters. The number of carbonyl (C=O) groups excluding carboxylic acids is 1. The van der Waals surface area contributed by atoms with Crippen LogP contribution in [0.4, 0.5) is 5.69 Å². The summed E-state index contributed by atoms with van der Waals surface area (Å²) < 4.78 is 28.1. The highest BCUT2D eigenvalue weighted by atomic mass is 35.5. The molecule has 150 valence electrons. The van der Waals surface area contributed by atoms with Gasteiger partial charge in [0.15, 0.2) is 0 Å². The first-order chi connectivity index (χ1) is 13.3. The number of halogens is 1. The number of carbonyl (C=O) groups is 1. The predicted molar refractivity (Wildman–Crippen MR) is 112 cm³/mol. The van der Waals surface area contributed by atoms with Crippen LogP contribution in [0, 0.1) is 13.8 Å². The Labute approximate surface area is 172 Å². The number of likely N-dealkylation sites (tertiary alicyclic amines) is 1. The van der Waals surface area contributed by atoms with Crippen LogP contribution in [-0.2, 0) is 14.8 Å². The van der Waals surface area contributed by atoms with Gasteiger partial charge in [-0.25, -0.2) is 8.42 Å². The lowest BCUT2D eigenvalue weighted by atomic mass is 10.1. The molecule has 1 aliphatic heterocycles. The van der Waals surface area contributed by atoms with Gasteiger partial charge < -0.3 is 4.90 Å². The van der Waals surface area contributed by atoms with E-state index in [1.165, 1.54) is 4.31 Å². The zero-order valence-corrected chi connectivity index (χ0v) is 17.8. The van der Waals surface area contributed by atoms with E-state index in [1.807, 2.05) is 6.92 Å². The van der Waals surface area contributed by atoms with E-state index < -0.39 is 10.0 Å². The number of amides is 1. The number of rotatable bonds is 5. The van der Waals surface area contributed by atoms with Gasteiger partial charge in [-0.3, -0.25) is 9.10 Å². The van der Waals surface area contributed by atoms with Crippen molar-refractivity contribution in [1.82, 2.24) is 4.90 Å². The summed E-state index contributed by atoms with van der Waals surface area (Å²) in [6.45, 7) is 4.77. The molecule has 28 heavy (non-hydrogen) atoms. The Bertz CT molecular complexity index is 952. The number of nitrogens with zero attached hydrogens (tertiary/aromatic N) is 2. The average molecular weight is 421 g/mol. The number of hydrogen-bond donors (Lipinski definition) is 0. The highest BCUT2D eigenvalue weighted by Crippen LogP contribution is 2.31. The van der Waals surface area contributed by atoms with Crippen LogP contribution < -0.4 is 4.31 Å². The summed E-state index contributed by atoms with van der Waals surface area (Å²) in [5.74, 6) is -0.185. The molecule has 1 aliphatic rings. The summed E-state index contributed by atoms with van der Waals surface area (Å²) >= 11 is 6.24. The van der Waals surface area contributed by atoms with Crippen LogP contribution in [-0.4, -0.2) is 38.9 Å². The number of piperidine rings is 1. The van der Waals surface area contributed by atoms with Gasteiger partial charge in [0.2, 0.25) is 5.91 Å². The summed E-state index contributed by atoms with van der Waals surface area (Å²) in [7, 11) is -3.92. The molecule has 2 aromatic rings. The third kappa shape index (κ3) is 4.33. The van der Waals surface area contributed by atoms with Crippen molar-refractivity contribution in [2.75, 3.05) is 23.9 Å². The van der Waals surface area contributed by atoms with Gasteiger partial charge in [-0.1, -0.05) is 35.4 Å². The van der Waals surface area contributed by atoms with Gasteiger partial charge in [0, 0.05) is 18.1 Å². The smallest absolute Gasteiger partial charge is 0.264 e. The zero-order valence-electron chi connectivity index (χ0n) is 16.2. The van der Waals surface area contributed by atoms with Gasteiger partial charge in [0.1, 0.15) is 6.54 Å². The molecule has 1 heterocycles. The summed E-state index contributed by atoms with van der Waals surface area (Å²) in [4.78, 5) is 14.8.